The Kier molecular flexibility index (Phi) is 3.81. The van der Waals surface area contributed by atoms with E-state index in [1.54, 1.807) is 4.90 Å². The van der Waals surface area contributed by atoms with Crippen LogP contribution in [0.3, 0.4) is 0 Å². The molecule has 0 aliphatic carbocycles. The van der Waals surface area contributed by atoms with Crippen LogP contribution in [-0.4, -0.2) is 60.9 Å². The number of amides is 1. The minimum absolute atomic E-state index is 0.0119. The molecule has 96 valence electrons. The Hall–Kier alpha value is -0.910. The summed E-state index contributed by atoms with van der Waals surface area (Å²) in [5.41, 5.74) is 2.03. The third-order valence-corrected chi connectivity index (χ3v) is 3.35. The normalized spacial score (nSPS) is 28.9. The van der Waals surface area contributed by atoms with Gasteiger partial charge in [-0.05, 0) is 19.4 Å². The van der Waals surface area contributed by atoms with Gasteiger partial charge in [0, 0.05) is 31.8 Å². The lowest BCUT2D eigenvalue weighted by molar-refractivity contribution is -0.143. The lowest BCUT2D eigenvalue weighted by Crippen LogP contribution is -2.51. The molecule has 2 rings (SSSR count). The minimum atomic E-state index is -0.250. The second kappa shape index (κ2) is 5.16. The van der Waals surface area contributed by atoms with Gasteiger partial charge in [-0.15, -0.1) is 0 Å². The molecule has 2 saturated heterocycles. The molecule has 2 aliphatic heterocycles. The number of ether oxygens (including phenoxy) is 1. The summed E-state index contributed by atoms with van der Waals surface area (Å²) in [6, 6.07) is 0. The van der Waals surface area contributed by atoms with Crippen LogP contribution >= 0.6 is 0 Å². The molecule has 0 aromatic rings. The van der Waals surface area contributed by atoms with E-state index in [-0.39, 0.29) is 24.7 Å². The first-order valence-corrected chi connectivity index (χ1v) is 6.06. The van der Waals surface area contributed by atoms with Crippen LogP contribution in [0.25, 0.3) is 0 Å². The van der Waals surface area contributed by atoms with Gasteiger partial charge in [-0.2, -0.15) is 0 Å². The highest BCUT2D eigenvalue weighted by molar-refractivity contribution is 5.94. The molecule has 2 N–H and O–H groups in total. The van der Waals surface area contributed by atoms with E-state index in [9.17, 15) is 4.79 Å². The fourth-order valence-corrected chi connectivity index (χ4v) is 2.22. The van der Waals surface area contributed by atoms with Crippen molar-refractivity contribution in [3.63, 3.8) is 0 Å². The van der Waals surface area contributed by atoms with Gasteiger partial charge in [0.15, 0.2) is 0 Å². The van der Waals surface area contributed by atoms with Crippen molar-refractivity contribution in [3.05, 3.63) is 11.1 Å². The molecular weight excluding hydrogens is 220 g/mol. The SMILES string of the molecule is CC(C(=O)N1CC(C)OC(CO)C1)=C1CNC1. The number of nitrogens with zero attached hydrogens (tertiary/aromatic N) is 1. The molecule has 1 amide bonds. The number of carbonyl (C=O) groups excluding carboxylic acids is 1. The molecule has 0 bridgehead atoms. The molecule has 0 saturated carbocycles. The number of nitrogens with one attached hydrogen (secondary N) is 1. The Balaban J connectivity index is 2.03. The molecular formula is C12H20N2O3. The van der Waals surface area contributed by atoms with Gasteiger partial charge in [0.1, 0.15) is 0 Å². The van der Waals surface area contributed by atoms with Gasteiger partial charge in [0.2, 0.25) is 5.91 Å². The topological polar surface area (TPSA) is 61.8 Å². The van der Waals surface area contributed by atoms with Crippen LogP contribution in [-0.2, 0) is 9.53 Å². The average Bonchev–Trinajstić information content (AvgIpc) is 2.24. The van der Waals surface area contributed by atoms with Crippen LogP contribution in [0.4, 0.5) is 0 Å². The molecule has 2 fully saturated rings. The fourth-order valence-electron chi connectivity index (χ4n) is 2.22. The number of carbonyl (C=O) groups is 1. The highest BCUT2D eigenvalue weighted by atomic mass is 16.5. The van der Waals surface area contributed by atoms with Crippen molar-refractivity contribution in [1.82, 2.24) is 10.2 Å². The molecule has 5 heteroatoms. The molecule has 0 radical (unpaired) electrons. The average molecular weight is 240 g/mol. The summed E-state index contributed by atoms with van der Waals surface area (Å²) in [5, 5.41) is 12.3. The molecule has 0 spiro atoms. The zero-order valence-corrected chi connectivity index (χ0v) is 10.4. The van der Waals surface area contributed by atoms with Gasteiger partial charge in [-0.3, -0.25) is 4.79 Å². The lowest BCUT2D eigenvalue weighted by atomic mass is 10.0. The second-order valence-electron chi connectivity index (χ2n) is 4.79. The van der Waals surface area contributed by atoms with Crippen molar-refractivity contribution in [2.45, 2.75) is 26.1 Å². The Morgan fingerprint density at radius 2 is 2.24 bits per heavy atom. The van der Waals surface area contributed by atoms with E-state index >= 15 is 0 Å². The maximum Gasteiger partial charge on any atom is 0.249 e. The van der Waals surface area contributed by atoms with Crippen molar-refractivity contribution in [2.75, 3.05) is 32.8 Å². The summed E-state index contributed by atoms with van der Waals surface area (Å²) in [6.45, 7) is 6.50. The summed E-state index contributed by atoms with van der Waals surface area (Å²) in [6.07, 6.45) is -0.262. The Labute approximate surface area is 101 Å². The Morgan fingerprint density at radius 1 is 1.53 bits per heavy atom. The van der Waals surface area contributed by atoms with E-state index in [1.165, 1.54) is 5.57 Å². The summed E-state index contributed by atoms with van der Waals surface area (Å²) in [7, 11) is 0. The van der Waals surface area contributed by atoms with Crippen LogP contribution in [0.15, 0.2) is 11.1 Å². The van der Waals surface area contributed by atoms with Gasteiger partial charge >= 0.3 is 0 Å². The molecule has 2 aliphatic rings. The lowest BCUT2D eigenvalue weighted by Gasteiger charge is -2.37. The van der Waals surface area contributed by atoms with Gasteiger partial charge in [-0.25, -0.2) is 0 Å². The summed E-state index contributed by atoms with van der Waals surface area (Å²) < 4.78 is 5.52. The zero-order valence-electron chi connectivity index (χ0n) is 10.4. The van der Waals surface area contributed by atoms with E-state index in [2.05, 4.69) is 5.32 Å². The number of aliphatic hydroxyl groups excluding tert-OH is 1. The summed E-state index contributed by atoms with van der Waals surface area (Å²) in [5.74, 6) is 0.0788. The quantitative estimate of drug-likeness (QED) is 0.640. The third-order valence-electron chi connectivity index (χ3n) is 3.35. The molecule has 2 atom stereocenters. The third kappa shape index (κ3) is 2.68. The number of hydrogen-bond acceptors (Lipinski definition) is 4. The van der Waals surface area contributed by atoms with Crippen molar-refractivity contribution in [1.29, 1.82) is 0 Å². The molecule has 0 aromatic heterocycles. The van der Waals surface area contributed by atoms with Crippen molar-refractivity contribution in [2.24, 2.45) is 0 Å². The standard InChI is InChI=1S/C12H20N2O3/c1-8-5-14(6-11(7-15)17-8)12(16)9(2)10-3-13-4-10/h8,11,13,15H,3-7H2,1-2H3. The predicted octanol–water partition coefficient (Wildman–Crippen LogP) is -0.486. The first-order chi connectivity index (χ1) is 8.11. The van der Waals surface area contributed by atoms with Gasteiger partial charge < -0.3 is 20.1 Å². The number of morpholine rings is 1. The smallest absolute Gasteiger partial charge is 0.249 e. The van der Waals surface area contributed by atoms with Gasteiger partial charge in [-0.1, -0.05) is 0 Å². The van der Waals surface area contributed by atoms with E-state index in [4.69, 9.17) is 9.84 Å². The Bertz CT molecular complexity index is 335. The number of rotatable bonds is 2. The molecule has 2 unspecified atom stereocenters. The van der Waals surface area contributed by atoms with E-state index in [0.29, 0.717) is 13.1 Å². The van der Waals surface area contributed by atoms with Crippen molar-refractivity contribution >= 4 is 5.91 Å². The van der Waals surface area contributed by atoms with Crippen LogP contribution in [0.2, 0.25) is 0 Å². The van der Waals surface area contributed by atoms with E-state index < -0.39 is 0 Å². The predicted molar refractivity (Wildman–Crippen MR) is 63.6 cm³/mol. The molecule has 2 heterocycles. The zero-order chi connectivity index (χ0) is 12.4. The van der Waals surface area contributed by atoms with E-state index in [1.807, 2.05) is 13.8 Å². The molecule has 0 aromatic carbocycles. The van der Waals surface area contributed by atoms with Gasteiger partial charge in [0.25, 0.3) is 0 Å². The largest absolute Gasteiger partial charge is 0.394 e. The van der Waals surface area contributed by atoms with Crippen molar-refractivity contribution < 1.29 is 14.6 Å². The maximum absolute atomic E-state index is 12.2. The van der Waals surface area contributed by atoms with Crippen LogP contribution in [0.5, 0.6) is 0 Å². The maximum atomic E-state index is 12.2. The number of hydrogen-bond donors (Lipinski definition) is 2. The van der Waals surface area contributed by atoms with Crippen LogP contribution in [0, 0.1) is 0 Å². The Morgan fingerprint density at radius 3 is 2.76 bits per heavy atom. The van der Waals surface area contributed by atoms with Crippen molar-refractivity contribution in [3.8, 4) is 0 Å². The number of aliphatic hydroxyl groups is 1. The first kappa shape index (κ1) is 12.5. The monoisotopic (exact) mass is 240 g/mol. The fraction of sp³-hybridized carbons (Fsp3) is 0.750. The highest BCUT2D eigenvalue weighted by Crippen LogP contribution is 2.16. The highest BCUT2D eigenvalue weighted by Gasteiger charge is 2.29. The molecule has 17 heavy (non-hydrogen) atoms. The minimum Gasteiger partial charge on any atom is -0.394 e. The van der Waals surface area contributed by atoms with Crippen LogP contribution in [0.1, 0.15) is 13.8 Å². The summed E-state index contributed by atoms with van der Waals surface area (Å²) in [4.78, 5) is 14.0. The summed E-state index contributed by atoms with van der Waals surface area (Å²) >= 11 is 0. The van der Waals surface area contributed by atoms with Gasteiger partial charge in [0.05, 0.1) is 18.8 Å². The van der Waals surface area contributed by atoms with E-state index in [0.717, 1.165) is 18.7 Å². The first-order valence-electron chi connectivity index (χ1n) is 6.06. The van der Waals surface area contributed by atoms with Crippen LogP contribution < -0.4 is 5.32 Å². The molecule has 5 nitrogen and oxygen atoms in total. The second-order valence-corrected chi connectivity index (χ2v) is 4.79.